The normalized spacial score (nSPS) is 30.1. The Balaban J connectivity index is 2.22. The molecule has 4 nitrogen and oxygen atoms in total. The summed E-state index contributed by atoms with van der Waals surface area (Å²) in [7, 11) is -4.03. The summed E-state index contributed by atoms with van der Waals surface area (Å²) in [5.41, 5.74) is -0.622. The number of rotatable bonds is 1. The van der Waals surface area contributed by atoms with E-state index in [4.69, 9.17) is 4.74 Å². The van der Waals surface area contributed by atoms with Gasteiger partial charge in [0.25, 0.3) is 10.1 Å². The molecule has 2 rings (SSSR count). The zero-order chi connectivity index (χ0) is 13.8. The average Bonchev–Trinajstić information content (AvgIpc) is 2.37. The van der Waals surface area contributed by atoms with Gasteiger partial charge >= 0.3 is 0 Å². The van der Waals surface area contributed by atoms with Crippen LogP contribution >= 0.6 is 0 Å². The van der Waals surface area contributed by atoms with E-state index in [1.54, 1.807) is 0 Å². The van der Waals surface area contributed by atoms with Crippen LogP contribution in [0.4, 0.5) is 0 Å². The molecule has 1 atom stereocenters. The van der Waals surface area contributed by atoms with E-state index in [-0.39, 0.29) is 0 Å². The molecule has 1 unspecified atom stereocenters. The zero-order valence-electron chi connectivity index (χ0n) is 11.6. The van der Waals surface area contributed by atoms with E-state index in [1.165, 1.54) is 0 Å². The third kappa shape index (κ3) is 3.92. The molecule has 112 valence electrons. The number of hydrogen-bond donors (Lipinski definition) is 1. The lowest BCUT2D eigenvalue weighted by molar-refractivity contribution is -0.0775. The molecule has 1 aliphatic heterocycles. The largest absolute Gasteiger partial charge is 0.374 e. The van der Waals surface area contributed by atoms with Crippen LogP contribution in [-0.2, 0) is 14.9 Å². The lowest BCUT2D eigenvalue weighted by Crippen LogP contribution is -2.50. The van der Waals surface area contributed by atoms with E-state index in [2.05, 4.69) is 0 Å². The lowest BCUT2D eigenvalue weighted by Gasteiger charge is -2.42. The monoisotopic (exact) mass is 290 g/mol. The molecule has 1 heterocycles. The van der Waals surface area contributed by atoms with Crippen molar-refractivity contribution in [3.63, 3.8) is 0 Å². The van der Waals surface area contributed by atoms with Crippen LogP contribution in [0.5, 0.6) is 0 Å². The van der Waals surface area contributed by atoms with Crippen molar-refractivity contribution in [2.75, 3.05) is 6.61 Å². The maximum atomic E-state index is 11.8. The van der Waals surface area contributed by atoms with Crippen LogP contribution in [0, 0.1) is 0 Å². The van der Waals surface area contributed by atoms with Gasteiger partial charge in [-0.3, -0.25) is 4.55 Å². The maximum absolute atomic E-state index is 11.8. The van der Waals surface area contributed by atoms with Crippen molar-refractivity contribution in [3.8, 4) is 0 Å². The van der Waals surface area contributed by atoms with Gasteiger partial charge in [-0.15, -0.1) is 0 Å². The predicted octanol–water partition coefficient (Wildman–Crippen LogP) is 3.32. The van der Waals surface area contributed by atoms with Crippen LogP contribution in [0.25, 0.3) is 0 Å². The molecule has 1 saturated heterocycles. The van der Waals surface area contributed by atoms with E-state index >= 15 is 0 Å². The SMILES string of the molecule is O=S(=O)(O)C1CCCCCCCOC12CCCCC2. The Morgan fingerprint density at radius 2 is 1.47 bits per heavy atom. The molecule has 19 heavy (non-hydrogen) atoms. The van der Waals surface area contributed by atoms with Crippen LogP contribution in [-0.4, -0.2) is 30.4 Å². The van der Waals surface area contributed by atoms with E-state index in [9.17, 15) is 13.0 Å². The number of hydrogen-bond acceptors (Lipinski definition) is 3. The van der Waals surface area contributed by atoms with Gasteiger partial charge in [0.05, 0.1) is 5.60 Å². The van der Waals surface area contributed by atoms with Crippen LogP contribution in [0.15, 0.2) is 0 Å². The molecule has 1 saturated carbocycles. The van der Waals surface area contributed by atoms with E-state index < -0.39 is 21.0 Å². The van der Waals surface area contributed by atoms with Crippen LogP contribution in [0.2, 0.25) is 0 Å². The third-order valence-corrected chi connectivity index (χ3v) is 6.03. The van der Waals surface area contributed by atoms with Crippen molar-refractivity contribution >= 4 is 10.1 Å². The summed E-state index contributed by atoms with van der Waals surface area (Å²) in [6.07, 6.45) is 10.5. The molecule has 1 N–H and O–H groups in total. The van der Waals surface area contributed by atoms with Crippen molar-refractivity contribution < 1.29 is 17.7 Å². The fourth-order valence-corrected chi connectivity index (χ4v) is 4.94. The second-order valence-electron chi connectivity index (χ2n) is 6.03. The van der Waals surface area contributed by atoms with Crippen LogP contribution in [0.3, 0.4) is 0 Å². The molecular formula is C14H26O4S. The molecule has 0 radical (unpaired) electrons. The highest BCUT2D eigenvalue weighted by Gasteiger charge is 2.46. The molecule has 0 aromatic heterocycles. The maximum Gasteiger partial charge on any atom is 0.270 e. The van der Waals surface area contributed by atoms with Crippen molar-refractivity contribution in [3.05, 3.63) is 0 Å². The summed E-state index contributed by atoms with van der Waals surface area (Å²) in [4.78, 5) is 0. The van der Waals surface area contributed by atoms with E-state index in [1.807, 2.05) is 0 Å². The molecule has 2 fully saturated rings. The second-order valence-corrected chi connectivity index (χ2v) is 7.63. The van der Waals surface area contributed by atoms with Crippen molar-refractivity contribution in [1.29, 1.82) is 0 Å². The highest BCUT2D eigenvalue weighted by Crippen LogP contribution is 2.40. The first-order valence-corrected chi connectivity index (χ1v) is 9.15. The highest BCUT2D eigenvalue weighted by molar-refractivity contribution is 7.86. The molecule has 0 bridgehead atoms. The highest BCUT2D eigenvalue weighted by atomic mass is 32.2. The minimum Gasteiger partial charge on any atom is -0.374 e. The Hall–Kier alpha value is -0.130. The van der Waals surface area contributed by atoms with Gasteiger partial charge in [0.1, 0.15) is 5.25 Å². The Kier molecular flexibility index (Phi) is 5.26. The quantitative estimate of drug-likeness (QED) is 0.752. The molecule has 1 spiro atoms. The Bertz CT molecular complexity index is 371. The molecular weight excluding hydrogens is 264 g/mol. The molecule has 0 amide bonds. The standard InChI is InChI=1S/C14H26O4S/c15-19(16,17)13-9-5-2-1-3-8-12-18-14(13)10-6-4-7-11-14/h13H,1-12H2,(H,15,16,17). The summed E-state index contributed by atoms with van der Waals surface area (Å²) >= 11 is 0. The fourth-order valence-electron chi connectivity index (χ4n) is 3.63. The van der Waals surface area contributed by atoms with Gasteiger partial charge in [-0.05, 0) is 25.7 Å². The van der Waals surface area contributed by atoms with E-state index in [0.29, 0.717) is 13.0 Å². The molecule has 0 aromatic carbocycles. The van der Waals surface area contributed by atoms with Crippen LogP contribution < -0.4 is 0 Å². The molecule has 2 aliphatic rings. The van der Waals surface area contributed by atoms with Crippen molar-refractivity contribution in [2.24, 2.45) is 0 Å². The van der Waals surface area contributed by atoms with Crippen LogP contribution in [0.1, 0.15) is 70.6 Å². The molecule has 5 heteroatoms. The van der Waals surface area contributed by atoms with Gasteiger partial charge in [0.2, 0.25) is 0 Å². The topological polar surface area (TPSA) is 63.6 Å². The number of ether oxygens (including phenoxy) is 1. The predicted molar refractivity (Wildman–Crippen MR) is 74.8 cm³/mol. The molecule has 1 aliphatic carbocycles. The first-order valence-electron chi connectivity index (χ1n) is 7.65. The van der Waals surface area contributed by atoms with Gasteiger partial charge < -0.3 is 4.74 Å². The van der Waals surface area contributed by atoms with Gasteiger partial charge in [0, 0.05) is 6.61 Å². The smallest absolute Gasteiger partial charge is 0.270 e. The first kappa shape index (κ1) is 15.3. The Morgan fingerprint density at radius 3 is 2.16 bits per heavy atom. The van der Waals surface area contributed by atoms with Crippen molar-refractivity contribution in [1.82, 2.24) is 0 Å². The van der Waals surface area contributed by atoms with Gasteiger partial charge in [0.15, 0.2) is 0 Å². The Labute approximate surface area is 116 Å². The van der Waals surface area contributed by atoms with Gasteiger partial charge in [-0.2, -0.15) is 8.42 Å². The zero-order valence-corrected chi connectivity index (χ0v) is 12.5. The fraction of sp³-hybridized carbons (Fsp3) is 1.00. The lowest BCUT2D eigenvalue weighted by atomic mass is 9.80. The van der Waals surface area contributed by atoms with Gasteiger partial charge in [-0.1, -0.05) is 44.9 Å². The summed E-state index contributed by atoms with van der Waals surface area (Å²) in [5, 5.41) is -0.724. The summed E-state index contributed by atoms with van der Waals surface area (Å²) in [6.45, 7) is 0.631. The third-order valence-electron chi connectivity index (χ3n) is 4.65. The molecule has 0 aromatic rings. The first-order chi connectivity index (χ1) is 9.05. The minimum atomic E-state index is -4.03. The van der Waals surface area contributed by atoms with Gasteiger partial charge in [-0.25, -0.2) is 0 Å². The Morgan fingerprint density at radius 1 is 0.895 bits per heavy atom. The average molecular weight is 290 g/mol. The minimum absolute atomic E-state index is 0.541. The van der Waals surface area contributed by atoms with Crippen molar-refractivity contribution in [2.45, 2.75) is 81.5 Å². The van der Waals surface area contributed by atoms with E-state index in [0.717, 1.165) is 64.2 Å². The summed E-state index contributed by atoms with van der Waals surface area (Å²) < 4.78 is 39.3. The summed E-state index contributed by atoms with van der Waals surface area (Å²) in [5.74, 6) is 0. The summed E-state index contributed by atoms with van der Waals surface area (Å²) in [6, 6.07) is 0. The second kappa shape index (κ2) is 6.55.